The number of nitrogens with zero attached hydrogens (tertiary/aromatic N) is 1. The number of hydrogen-bond donors (Lipinski definition) is 2. The Hall–Kier alpha value is -1.43. The molecule has 3 N–H and O–H groups in total. The van der Waals surface area contributed by atoms with Gasteiger partial charge in [0.05, 0.1) is 12.1 Å². The fourth-order valence-electron chi connectivity index (χ4n) is 2.83. The first-order chi connectivity index (χ1) is 10.1. The molecule has 0 atom stereocenters. The quantitative estimate of drug-likeness (QED) is 0.812. The number of anilines is 1. The number of aromatic nitrogens is 1. The summed E-state index contributed by atoms with van der Waals surface area (Å²) in [6, 6.07) is 0. The van der Waals surface area contributed by atoms with Crippen LogP contribution in [-0.2, 0) is 16.0 Å². The Labute approximate surface area is 129 Å². The summed E-state index contributed by atoms with van der Waals surface area (Å²) in [6.45, 7) is 0. The molecule has 0 radical (unpaired) electrons. The maximum atomic E-state index is 11.8. The van der Waals surface area contributed by atoms with Crippen molar-refractivity contribution in [1.82, 2.24) is 4.98 Å². The molecule has 1 aromatic heterocycles. The summed E-state index contributed by atoms with van der Waals surface area (Å²) in [5.74, 6) is 0.407. The van der Waals surface area contributed by atoms with Gasteiger partial charge in [0.25, 0.3) is 0 Å². The number of nitrogens with one attached hydrogen (secondary N) is 1. The Balaban J connectivity index is 1.66. The topological polar surface area (TPSA) is 85.1 Å². The van der Waals surface area contributed by atoms with E-state index in [0.717, 1.165) is 18.8 Å². The molecule has 1 aliphatic carbocycles. The first kappa shape index (κ1) is 15.9. The molecule has 2 rings (SSSR count). The van der Waals surface area contributed by atoms with Crippen LogP contribution in [0.15, 0.2) is 5.38 Å². The van der Waals surface area contributed by atoms with Crippen LogP contribution in [0.4, 0.5) is 5.13 Å². The van der Waals surface area contributed by atoms with Crippen LogP contribution in [0.5, 0.6) is 0 Å². The second-order valence-electron chi connectivity index (χ2n) is 5.73. The predicted octanol–water partition coefficient (Wildman–Crippen LogP) is 2.86. The van der Waals surface area contributed by atoms with Crippen LogP contribution in [0.25, 0.3) is 0 Å². The summed E-state index contributed by atoms with van der Waals surface area (Å²) >= 11 is 1.33. The highest BCUT2D eigenvalue weighted by Gasteiger charge is 2.14. The lowest BCUT2D eigenvalue weighted by Gasteiger charge is -2.20. The van der Waals surface area contributed by atoms with E-state index in [-0.39, 0.29) is 12.3 Å². The minimum Gasteiger partial charge on any atom is -0.369 e. The molecule has 0 spiro atoms. The van der Waals surface area contributed by atoms with Crippen molar-refractivity contribution >= 4 is 28.3 Å². The lowest BCUT2D eigenvalue weighted by molar-refractivity contribution is -0.117. The van der Waals surface area contributed by atoms with Crippen molar-refractivity contribution in [1.29, 1.82) is 0 Å². The van der Waals surface area contributed by atoms with E-state index in [1.807, 2.05) is 0 Å². The zero-order valence-electron chi connectivity index (χ0n) is 12.3. The molecule has 0 bridgehead atoms. The average Bonchev–Trinajstić information content (AvgIpc) is 2.86. The van der Waals surface area contributed by atoms with Crippen LogP contribution >= 0.6 is 11.3 Å². The highest BCUT2D eigenvalue weighted by Crippen LogP contribution is 2.27. The number of amides is 2. The molecule has 1 fully saturated rings. The van der Waals surface area contributed by atoms with Gasteiger partial charge in [0.1, 0.15) is 0 Å². The highest BCUT2D eigenvalue weighted by atomic mass is 32.1. The van der Waals surface area contributed by atoms with E-state index in [1.165, 1.54) is 43.4 Å². The van der Waals surface area contributed by atoms with Gasteiger partial charge in [-0.15, -0.1) is 11.3 Å². The van der Waals surface area contributed by atoms with Crippen molar-refractivity contribution in [3.05, 3.63) is 11.1 Å². The minimum absolute atomic E-state index is 0.00536. The second-order valence-corrected chi connectivity index (χ2v) is 6.59. The lowest BCUT2D eigenvalue weighted by atomic mass is 9.86. The Kier molecular flexibility index (Phi) is 6.17. The van der Waals surface area contributed by atoms with Gasteiger partial charge in [-0.2, -0.15) is 0 Å². The Morgan fingerprint density at radius 3 is 2.81 bits per heavy atom. The van der Waals surface area contributed by atoms with Crippen molar-refractivity contribution in [2.24, 2.45) is 11.7 Å². The van der Waals surface area contributed by atoms with E-state index in [4.69, 9.17) is 5.73 Å². The fraction of sp³-hybridized carbons (Fsp3) is 0.667. The van der Waals surface area contributed by atoms with E-state index in [2.05, 4.69) is 10.3 Å². The maximum absolute atomic E-state index is 11.8. The van der Waals surface area contributed by atoms with E-state index < -0.39 is 5.91 Å². The third-order valence-electron chi connectivity index (χ3n) is 3.89. The average molecular weight is 309 g/mol. The fourth-order valence-corrected chi connectivity index (χ4v) is 3.56. The molecule has 2 amide bonds. The number of nitrogens with two attached hydrogens (primary N) is 1. The minimum atomic E-state index is -0.411. The number of carbonyl (C=O) groups excluding carboxylic acids is 2. The molecule has 116 valence electrons. The normalized spacial score (nSPS) is 15.8. The maximum Gasteiger partial charge on any atom is 0.226 e. The third-order valence-corrected chi connectivity index (χ3v) is 4.70. The standard InChI is InChI=1S/C15H23N3O2S/c16-13(19)9-12-10-21-15(17-12)18-14(20)8-4-7-11-5-2-1-3-6-11/h10-11H,1-9H2,(H2,16,19)(H,17,18,20). The van der Waals surface area contributed by atoms with E-state index in [9.17, 15) is 9.59 Å². The highest BCUT2D eigenvalue weighted by molar-refractivity contribution is 7.13. The molecular weight excluding hydrogens is 286 g/mol. The van der Waals surface area contributed by atoms with Gasteiger partial charge in [-0.1, -0.05) is 32.1 Å². The first-order valence-electron chi connectivity index (χ1n) is 7.66. The van der Waals surface area contributed by atoms with E-state index in [1.54, 1.807) is 5.38 Å². The Bertz CT molecular complexity index is 481. The summed E-state index contributed by atoms with van der Waals surface area (Å²) in [7, 11) is 0. The van der Waals surface area contributed by atoms with Gasteiger partial charge in [-0.25, -0.2) is 4.98 Å². The number of hydrogen-bond acceptors (Lipinski definition) is 4. The molecule has 21 heavy (non-hydrogen) atoms. The van der Waals surface area contributed by atoms with Crippen LogP contribution in [0, 0.1) is 5.92 Å². The summed E-state index contributed by atoms with van der Waals surface area (Å²) in [4.78, 5) is 26.8. The van der Waals surface area contributed by atoms with Crippen molar-refractivity contribution < 1.29 is 9.59 Å². The number of carbonyl (C=O) groups is 2. The summed E-state index contributed by atoms with van der Waals surface area (Å²) in [6.07, 6.45) is 9.46. The van der Waals surface area contributed by atoms with Crippen LogP contribution in [0.3, 0.4) is 0 Å². The molecule has 0 unspecified atom stereocenters. The van der Waals surface area contributed by atoms with E-state index in [0.29, 0.717) is 17.2 Å². The van der Waals surface area contributed by atoms with Gasteiger partial charge < -0.3 is 11.1 Å². The largest absolute Gasteiger partial charge is 0.369 e. The van der Waals surface area contributed by atoms with Crippen LogP contribution in [-0.4, -0.2) is 16.8 Å². The molecule has 1 heterocycles. The molecule has 1 saturated carbocycles. The van der Waals surface area contributed by atoms with Gasteiger partial charge in [0.2, 0.25) is 11.8 Å². The number of primary amides is 1. The summed E-state index contributed by atoms with van der Waals surface area (Å²) < 4.78 is 0. The first-order valence-corrected chi connectivity index (χ1v) is 8.54. The van der Waals surface area contributed by atoms with Gasteiger partial charge in [-0.3, -0.25) is 9.59 Å². The second kappa shape index (κ2) is 8.12. The van der Waals surface area contributed by atoms with Crippen LogP contribution in [0.2, 0.25) is 0 Å². The number of rotatable bonds is 7. The van der Waals surface area contributed by atoms with Crippen molar-refractivity contribution in [3.8, 4) is 0 Å². The smallest absolute Gasteiger partial charge is 0.226 e. The molecule has 0 saturated heterocycles. The molecule has 0 aliphatic heterocycles. The molecule has 1 aliphatic rings. The SMILES string of the molecule is NC(=O)Cc1csc(NC(=O)CCCC2CCCCC2)n1. The van der Waals surface area contributed by atoms with Crippen molar-refractivity contribution in [3.63, 3.8) is 0 Å². The lowest BCUT2D eigenvalue weighted by Crippen LogP contribution is -2.14. The third kappa shape index (κ3) is 5.83. The molecule has 0 aromatic carbocycles. The summed E-state index contributed by atoms with van der Waals surface area (Å²) in [5.41, 5.74) is 5.73. The zero-order chi connectivity index (χ0) is 15.1. The van der Waals surface area contributed by atoms with Crippen molar-refractivity contribution in [2.45, 2.75) is 57.8 Å². The van der Waals surface area contributed by atoms with Gasteiger partial charge >= 0.3 is 0 Å². The molecule has 6 heteroatoms. The Morgan fingerprint density at radius 2 is 2.10 bits per heavy atom. The Morgan fingerprint density at radius 1 is 1.33 bits per heavy atom. The number of thiazole rings is 1. The molecular formula is C15H23N3O2S. The van der Waals surface area contributed by atoms with Crippen LogP contribution < -0.4 is 11.1 Å². The van der Waals surface area contributed by atoms with Crippen LogP contribution in [0.1, 0.15) is 57.1 Å². The monoisotopic (exact) mass is 309 g/mol. The molecule has 1 aromatic rings. The van der Waals surface area contributed by atoms with Gasteiger partial charge in [0, 0.05) is 11.8 Å². The summed E-state index contributed by atoms with van der Waals surface area (Å²) in [5, 5.41) is 5.09. The zero-order valence-corrected chi connectivity index (χ0v) is 13.1. The van der Waals surface area contributed by atoms with Crippen molar-refractivity contribution in [2.75, 3.05) is 5.32 Å². The van der Waals surface area contributed by atoms with E-state index >= 15 is 0 Å². The van der Waals surface area contributed by atoms with Gasteiger partial charge in [0.15, 0.2) is 5.13 Å². The van der Waals surface area contributed by atoms with Gasteiger partial charge in [-0.05, 0) is 18.8 Å². The molecule has 5 nitrogen and oxygen atoms in total. The predicted molar refractivity (Wildman–Crippen MR) is 84.1 cm³/mol.